The lowest BCUT2D eigenvalue weighted by molar-refractivity contribution is -0.133. The average Bonchev–Trinajstić information content (AvgIpc) is 3.29. The van der Waals surface area contributed by atoms with Crippen LogP contribution in [0.2, 0.25) is 0 Å². The van der Waals surface area contributed by atoms with Gasteiger partial charge in [-0.1, -0.05) is 30.3 Å². The van der Waals surface area contributed by atoms with E-state index in [1.165, 1.54) is 42.3 Å². The van der Waals surface area contributed by atoms with Crippen LogP contribution >= 0.6 is 0 Å². The fourth-order valence-electron chi connectivity index (χ4n) is 2.97. The van der Waals surface area contributed by atoms with Gasteiger partial charge in [-0.3, -0.25) is 14.7 Å². The van der Waals surface area contributed by atoms with E-state index in [2.05, 4.69) is 5.10 Å². The summed E-state index contributed by atoms with van der Waals surface area (Å²) < 4.78 is 34.6. The van der Waals surface area contributed by atoms with Crippen LogP contribution in [0.5, 0.6) is 5.75 Å². The second kappa shape index (κ2) is 9.53. The first-order chi connectivity index (χ1) is 14.5. The molecule has 1 aromatic heterocycles. The Morgan fingerprint density at radius 1 is 1.17 bits per heavy atom. The third-order valence-corrected chi connectivity index (χ3v) is 6.40. The van der Waals surface area contributed by atoms with Crippen molar-refractivity contribution in [3.05, 3.63) is 78.6 Å². The minimum absolute atomic E-state index is 0.00423. The first-order valence-corrected chi connectivity index (χ1v) is 10.5. The number of sulfonamides is 1. The molecular formula is C20H22N4O5S. The molecule has 9 nitrogen and oxygen atoms in total. The monoisotopic (exact) mass is 430 g/mol. The van der Waals surface area contributed by atoms with Crippen LogP contribution in [0.1, 0.15) is 5.56 Å². The van der Waals surface area contributed by atoms with Gasteiger partial charge >= 0.3 is 0 Å². The van der Waals surface area contributed by atoms with Gasteiger partial charge in [-0.05, 0) is 35.9 Å². The maximum atomic E-state index is 13.5. The van der Waals surface area contributed by atoms with Gasteiger partial charge in [-0.25, -0.2) is 13.9 Å². The number of nitrogens with zero attached hydrogens (tertiary/aromatic N) is 3. The van der Waals surface area contributed by atoms with Crippen molar-refractivity contribution in [2.45, 2.75) is 24.0 Å². The lowest BCUT2D eigenvalue weighted by Gasteiger charge is -2.29. The van der Waals surface area contributed by atoms with Gasteiger partial charge in [-0.15, -0.1) is 0 Å². The van der Waals surface area contributed by atoms with Crippen LogP contribution in [0.4, 0.5) is 0 Å². The molecule has 0 aliphatic rings. The summed E-state index contributed by atoms with van der Waals surface area (Å²) in [6.07, 6.45) is 3.13. The number of hydroxylamine groups is 1. The van der Waals surface area contributed by atoms with E-state index in [0.717, 1.165) is 4.31 Å². The van der Waals surface area contributed by atoms with Gasteiger partial charge in [0.2, 0.25) is 10.0 Å². The number of benzene rings is 2. The Kier molecular flexibility index (Phi) is 6.83. The third kappa shape index (κ3) is 4.85. The minimum atomic E-state index is -4.12. The summed E-state index contributed by atoms with van der Waals surface area (Å²) in [6.45, 7) is -0.157. The van der Waals surface area contributed by atoms with Crippen molar-refractivity contribution in [3.63, 3.8) is 0 Å². The van der Waals surface area contributed by atoms with Crippen molar-refractivity contribution in [2.24, 2.45) is 0 Å². The van der Waals surface area contributed by atoms with E-state index >= 15 is 0 Å². The van der Waals surface area contributed by atoms with E-state index < -0.39 is 22.0 Å². The fraction of sp³-hybridized carbons (Fsp3) is 0.200. The Morgan fingerprint density at radius 3 is 2.43 bits per heavy atom. The number of hydrogen-bond acceptors (Lipinski definition) is 6. The summed E-state index contributed by atoms with van der Waals surface area (Å²) in [7, 11) is -2.63. The van der Waals surface area contributed by atoms with Crippen molar-refractivity contribution >= 4 is 15.9 Å². The van der Waals surface area contributed by atoms with Crippen molar-refractivity contribution in [3.8, 4) is 5.75 Å². The van der Waals surface area contributed by atoms with Gasteiger partial charge in [0.05, 0.1) is 18.6 Å². The third-order valence-electron chi connectivity index (χ3n) is 4.53. The second-order valence-corrected chi connectivity index (χ2v) is 8.32. The summed E-state index contributed by atoms with van der Waals surface area (Å²) in [5.41, 5.74) is 2.27. The van der Waals surface area contributed by atoms with Crippen LogP contribution in [0, 0.1) is 0 Å². The van der Waals surface area contributed by atoms with Crippen LogP contribution in [0.15, 0.2) is 78.0 Å². The number of ether oxygens (including phenoxy) is 1. The number of methoxy groups -OCH3 is 1. The molecule has 10 heteroatoms. The molecule has 30 heavy (non-hydrogen) atoms. The van der Waals surface area contributed by atoms with Crippen LogP contribution in [0.3, 0.4) is 0 Å². The molecule has 1 unspecified atom stereocenters. The molecule has 0 saturated heterocycles. The lowest BCUT2D eigenvalue weighted by atomic mass is 10.2. The Bertz CT molecular complexity index is 1050. The zero-order valence-corrected chi connectivity index (χ0v) is 17.1. The van der Waals surface area contributed by atoms with E-state index in [-0.39, 0.29) is 18.0 Å². The molecule has 2 N–H and O–H groups in total. The van der Waals surface area contributed by atoms with Crippen molar-refractivity contribution < 1.29 is 23.2 Å². The lowest BCUT2D eigenvalue weighted by Crippen LogP contribution is -2.50. The molecule has 0 spiro atoms. The molecule has 0 bridgehead atoms. The second-order valence-electron chi connectivity index (χ2n) is 6.43. The van der Waals surface area contributed by atoms with Gasteiger partial charge in [0.15, 0.2) is 0 Å². The molecule has 0 radical (unpaired) electrons. The zero-order chi connectivity index (χ0) is 21.6. The van der Waals surface area contributed by atoms with Crippen LogP contribution in [0.25, 0.3) is 0 Å². The fourth-order valence-corrected chi connectivity index (χ4v) is 4.54. The standard InChI is InChI=1S/C20H22N4O5S/c1-29-17-8-10-18(11-9-17)30(27,28)24(14-16-6-3-2-4-7-16)19(20(25)22-26)15-23-13-5-12-21-23/h2-13,19,26H,14-15H2,1H3,(H,22,25). The highest BCUT2D eigenvalue weighted by Crippen LogP contribution is 2.24. The number of amides is 1. The molecular weight excluding hydrogens is 408 g/mol. The van der Waals surface area contributed by atoms with Crippen molar-refractivity contribution in [1.82, 2.24) is 19.6 Å². The van der Waals surface area contributed by atoms with Gasteiger partial charge in [0.25, 0.3) is 5.91 Å². The van der Waals surface area contributed by atoms with Crippen LogP contribution in [-0.4, -0.2) is 46.8 Å². The number of hydrogen-bond donors (Lipinski definition) is 2. The molecule has 3 aromatic rings. The number of carbonyl (C=O) groups is 1. The maximum absolute atomic E-state index is 13.5. The molecule has 0 saturated carbocycles. The molecule has 3 rings (SSSR count). The Balaban J connectivity index is 2.05. The maximum Gasteiger partial charge on any atom is 0.263 e. The Hall–Kier alpha value is -3.21. The predicted octanol–water partition coefficient (Wildman–Crippen LogP) is 1.66. The first kappa shape index (κ1) is 21.5. The normalized spacial score (nSPS) is 12.5. The molecule has 158 valence electrons. The summed E-state index contributed by atoms with van der Waals surface area (Å²) in [6, 6.07) is 15.2. The Labute approximate surface area is 174 Å². The van der Waals surface area contributed by atoms with E-state index in [1.807, 2.05) is 6.07 Å². The summed E-state index contributed by atoms with van der Waals surface area (Å²) in [5.74, 6) is -0.358. The first-order valence-electron chi connectivity index (χ1n) is 9.07. The largest absolute Gasteiger partial charge is 0.497 e. The molecule has 0 aliphatic carbocycles. The van der Waals surface area contributed by atoms with E-state index in [9.17, 15) is 18.4 Å². The van der Waals surface area contributed by atoms with Gasteiger partial charge in [-0.2, -0.15) is 9.40 Å². The van der Waals surface area contributed by atoms with Gasteiger partial charge < -0.3 is 4.74 Å². The smallest absolute Gasteiger partial charge is 0.263 e. The molecule has 0 aliphatic heterocycles. The highest BCUT2D eigenvalue weighted by atomic mass is 32.2. The van der Waals surface area contributed by atoms with E-state index in [1.54, 1.807) is 42.0 Å². The number of rotatable bonds is 9. The highest BCUT2D eigenvalue weighted by molar-refractivity contribution is 7.89. The van der Waals surface area contributed by atoms with Crippen molar-refractivity contribution in [2.75, 3.05) is 7.11 Å². The van der Waals surface area contributed by atoms with E-state index in [0.29, 0.717) is 11.3 Å². The SMILES string of the molecule is COc1ccc(S(=O)(=O)N(Cc2ccccc2)C(Cn2cccn2)C(=O)NO)cc1. The van der Waals surface area contributed by atoms with Crippen molar-refractivity contribution in [1.29, 1.82) is 0 Å². The van der Waals surface area contributed by atoms with Crippen LogP contribution in [-0.2, 0) is 27.9 Å². The minimum Gasteiger partial charge on any atom is -0.497 e. The predicted molar refractivity (Wildman–Crippen MR) is 108 cm³/mol. The zero-order valence-electron chi connectivity index (χ0n) is 16.2. The number of nitrogens with one attached hydrogen (secondary N) is 1. The quantitative estimate of drug-likeness (QED) is 0.394. The molecule has 1 amide bonds. The molecule has 1 atom stereocenters. The topological polar surface area (TPSA) is 114 Å². The molecule has 2 aromatic carbocycles. The summed E-state index contributed by atoms with van der Waals surface area (Å²) in [4.78, 5) is 12.5. The van der Waals surface area contributed by atoms with E-state index in [4.69, 9.17) is 4.74 Å². The van der Waals surface area contributed by atoms with Crippen LogP contribution < -0.4 is 10.2 Å². The van der Waals surface area contributed by atoms with Gasteiger partial charge in [0.1, 0.15) is 11.8 Å². The highest BCUT2D eigenvalue weighted by Gasteiger charge is 2.36. The summed E-state index contributed by atoms with van der Waals surface area (Å²) >= 11 is 0. The number of carbonyl (C=O) groups excluding carboxylic acids is 1. The number of aromatic nitrogens is 2. The molecule has 0 fully saturated rings. The average molecular weight is 430 g/mol. The van der Waals surface area contributed by atoms with Gasteiger partial charge in [0, 0.05) is 18.9 Å². The molecule has 1 heterocycles. The summed E-state index contributed by atoms with van der Waals surface area (Å²) in [5, 5.41) is 13.3. The Morgan fingerprint density at radius 2 is 1.87 bits per heavy atom.